The minimum absolute atomic E-state index is 0.0150. The summed E-state index contributed by atoms with van der Waals surface area (Å²) >= 11 is 1.47. The van der Waals surface area contributed by atoms with Crippen LogP contribution in [0.2, 0.25) is 0 Å². The van der Waals surface area contributed by atoms with Gasteiger partial charge in [0.05, 0.1) is 26.2 Å². The van der Waals surface area contributed by atoms with E-state index in [1.807, 2.05) is 6.26 Å². The Hall–Kier alpha value is -4.50. The van der Waals surface area contributed by atoms with Crippen LogP contribution in [0.5, 0.6) is 0 Å². The Morgan fingerprint density at radius 2 is 1.33 bits per heavy atom. The Kier molecular flexibility index (Phi) is 23.5. The van der Waals surface area contributed by atoms with Gasteiger partial charge in [0.1, 0.15) is 36.3 Å². The smallest absolute Gasteiger partial charge is 0.326 e. The molecule has 58 heavy (non-hydrogen) atoms. The van der Waals surface area contributed by atoms with Gasteiger partial charge in [0.15, 0.2) is 0 Å². The fourth-order valence-corrected chi connectivity index (χ4v) is 6.56. The number of thioether (sulfide) groups is 1. The van der Waals surface area contributed by atoms with Gasteiger partial charge >= 0.3 is 5.97 Å². The van der Waals surface area contributed by atoms with E-state index in [4.69, 9.17) is 5.73 Å². The van der Waals surface area contributed by atoms with E-state index in [9.17, 15) is 53.4 Å². The van der Waals surface area contributed by atoms with Gasteiger partial charge in [-0.3, -0.25) is 38.4 Å². The number of amides is 8. The number of carboxylic acid groups (broad SMARTS) is 1. The van der Waals surface area contributed by atoms with Gasteiger partial charge in [-0.05, 0) is 61.9 Å². The molecule has 1 rings (SSSR count). The van der Waals surface area contributed by atoms with E-state index in [2.05, 4.69) is 37.2 Å². The van der Waals surface area contributed by atoms with E-state index < -0.39 is 115 Å². The molecule has 0 radical (unpaired) electrons. The molecule has 8 amide bonds. The van der Waals surface area contributed by atoms with Crippen molar-refractivity contribution in [3.63, 3.8) is 0 Å². The first-order valence-corrected chi connectivity index (χ1v) is 21.1. The molecule has 1 aliphatic rings. The minimum Gasteiger partial charge on any atom is -0.480 e. The molecule has 1 fully saturated rings. The lowest BCUT2D eigenvalue weighted by Crippen LogP contribution is -2.60. The number of carbonyl (C=O) groups excluding carboxylic acids is 8. The summed E-state index contributed by atoms with van der Waals surface area (Å²) in [5.74, 6) is -6.72. The van der Waals surface area contributed by atoms with Crippen LogP contribution < -0.4 is 43.0 Å². The number of hydrogen-bond donors (Lipinski definition) is 10. The lowest BCUT2D eigenvalue weighted by Gasteiger charge is -2.29. The van der Waals surface area contributed by atoms with Crippen molar-refractivity contribution in [2.45, 2.75) is 116 Å². The van der Waals surface area contributed by atoms with Gasteiger partial charge in [0.25, 0.3) is 0 Å². The Morgan fingerprint density at radius 1 is 0.741 bits per heavy atom. The molecular weight excluding hydrogens is 779 g/mol. The molecule has 0 unspecified atom stereocenters. The van der Waals surface area contributed by atoms with Crippen LogP contribution in [0.15, 0.2) is 0 Å². The first-order chi connectivity index (χ1) is 27.3. The molecule has 21 heteroatoms. The zero-order chi connectivity index (χ0) is 44.1. The molecule has 1 aliphatic heterocycles. The molecule has 1 saturated heterocycles. The second kappa shape index (κ2) is 26.5. The summed E-state index contributed by atoms with van der Waals surface area (Å²) in [7, 11) is 0. The van der Waals surface area contributed by atoms with Crippen LogP contribution in [-0.4, -0.2) is 149 Å². The van der Waals surface area contributed by atoms with Crippen LogP contribution >= 0.6 is 11.8 Å². The predicted molar refractivity (Wildman–Crippen MR) is 216 cm³/mol. The monoisotopic (exact) mass is 843 g/mol. The fraction of sp³-hybridized carbons (Fsp3) is 0.757. The molecule has 7 atom stereocenters. The Labute approximate surface area is 344 Å². The largest absolute Gasteiger partial charge is 0.480 e. The maximum atomic E-state index is 13.6. The number of likely N-dealkylation sites (tertiary alicyclic amines) is 1. The van der Waals surface area contributed by atoms with Gasteiger partial charge in [-0.25, -0.2) is 4.79 Å². The summed E-state index contributed by atoms with van der Waals surface area (Å²) in [5.41, 5.74) is 5.36. The van der Waals surface area contributed by atoms with Gasteiger partial charge in [-0.2, -0.15) is 11.8 Å². The van der Waals surface area contributed by atoms with Crippen LogP contribution in [0.3, 0.4) is 0 Å². The van der Waals surface area contributed by atoms with Crippen molar-refractivity contribution in [2.24, 2.45) is 23.5 Å². The number of hydrogen-bond acceptors (Lipinski definition) is 12. The van der Waals surface area contributed by atoms with Crippen LogP contribution in [-0.2, 0) is 43.2 Å². The SMILES string of the molecule is CC[C@H](C)[C@H](NC(=O)[C@H](CC(C)C)NC(=O)[C@H](CO)NC(=O)[C@@H]1CCCN1C(=O)CNC(=O)[C@H](CCSC)NC(=O)CN)C(=O)NCC(=O)N[C@@H](CC(C)C)C(=O)O. The molecule has 0 aromatic rings. The second-order valence-corrected chi connectivity index (χ2v) is 16.2. The Balaban J connectivity index is 2.99. The highest BCUT2D eigenvalue weighted by Crippen LogP contribution is 2.18. The molecule has 20 nitrogen and oxygen atoms in total. The average molecular weight is 844 g/mol. The third-order valence-electron chi connectivity index (χ3n) is 9.45. The number of nitrogens with zero attached hydrogens (tertiary/aromatic N) is 1. The van der Waals surface area contributed by atoms with Crippen LogP contribution in [0.1, 0.15) is 80.1 Å². The molecule has 0 aromatic carbocycles. The van der Waals surface area contributed by atoms with Gasteiger partial charge < -0.3 is 58.1 Å². The summed E-state index contributed by atoms with van der Waals surface area (Å²) in [5, 5.41) is 37.1. The molecule has 0 bridgehead atoms. The Morgan fingerprint density at radius 3 is 1.88 bits per heavy atom. The fourth-order valence-electron chi connectivity index (χ4n) is 6.09. The van der Waals surface area contributed by atoms with Crippen molar-refractivity contribution >= 4 is 65.0 Å². The van der Waals surface area contributed by atoms with Crippen molar-refractivity contribution in [1.29, 1.82) is 0 Å². The van der Waals surface area contributed by atoms with Gasteiger partial charge in [0.2, 0.25) is 47.3 Å². The van der Waals surface area contributed by atoms with Gasteiger partial charge in [-0.1, -0.05) is 48.0 Å². The number of nitrogens with one attached hydrogen (secondary N) is 7. The normalized spacial score (nSPS) is 16.9. The molecule has 330 valence electrons. The van der Waals surface area contributed by atoms with Crippen LogP contribution in [0, 0.1) is 17.8 Å². The molecule has 0 aliphatic carbocycles. The van der Waals surface area contributed by atoms with E-state index in [0.717, 1.165) is 0 Å². The third kappa shape index (κ3) is 18.0. The highest BCUT2D eigenvalue weighted by atomic mass is 32.2. The zero-order valence-corrected chi connectivity index (χ0v) is 35.5. The predicted octanol–water partition coefficient (Wildman–Crippen LogP) is -2.44. The van der Waals surface area contributed by atoms with Gasteiger partial charge in [-0.15, -0.1) is 0 Å². The molecule has 0 spiro atoms. The molecule has 0 aromatic heterocycles. The van der Waals surface area contributed by atoms with Gasteiger partial charge in [0, 0.05) is 6.54 Å². The summed E-state index contributed by atoms with van der Waals surface area (Å²) in [6, 6.07) is -6.95. The van der Waals surface area contributed by atoms with Crippen molar-refractivity contribution in [2.75, 3.05) is 44.8 Å². The number of carboxylic acids is 1. The average Bonchev–Trinajstić information content (AvgIpc) is 3.67. The summed E-state index contributed by atoms with van der Waals surface area (Å²) in [6.45, 7) is 8.73. The number of carbonyl (C=O) groups is 9. The number of rotatable bonds is 26. The van der Waals surface area contributed by atoms with Crippen molar-refractivity contribution in [1.82, 2.24) is 42.1 Å². The van der Waals surface area contributed by atoms with E-state index in [0.29, 0.717) is 25.0 Å². The second-order valence-electron chi connectivity index (χ2n) is 15.2. The lowest BCUT2D eigenvalue weighted by atomic mass is 9.96. The maximum Gasteiger partial charge on any atom is 0.326 e. The first-order valence-electron chi connectivity index (χ1n) is 19.7. The van der Waals surface area contributed by atoms with E-state index in [-0.39, 0.29) is 44.2 Å². The van der Waals surface area contributed by atoms with E-state index >= 15 is 0 Å². The van der Waals surface area contributed by atoms with Crippen LogP contribution in [0.25, 0.3) is 0 Å². The molecule has 1 heterocycles. The maximum absolute atomic E-state index is 13.6. The topological polar surface area (TPSA) is 308 Å². The van der Waals surface area contributed by atoms with Crippen molar-refractivity contribution in [3.05, 3.63) is 0 Å². The summed E-state index contributed by atoms with van der Waals surface area (Å²) in [6.07, 6.45) is 3.57. The van der Waals surface area contributed by atoms with E-state index in [1.54, 1.807) is 41.5 Å². The number of aliphatic hydroxyl groups is 1. The molecular formula is C37H65N9O11S. The molecule has 0 saturated carbocycles. The number of nitrogens with two attached hydrogens (primary N) is 1. The molecule has 11 N–H and O–H groups in total. The Bertz CT molecular complexity index is 1430. The summed E-state index contributed by atoms with van der Waals surface area (Å²) < 4.78 is 0. The van der Waals surface area contributed by atoms with E-state index in [1.165, 1.54) is 16.7 Å². The van der Waals surface area contributed by atoms with Crippen molar-refractivity contribution < 1.29 is 53.4 Å². The lowest BCUT2D eigenvalue weighted by molar-refractivity contribution is -0.142. The number of aliphatic carboxylic acids is 1. The highest BCUT2D eigenvalue weighted by Gasteiger charge is 2.37. The highest BCUT2D eigenvalue weighted by molar-refractivity contribution is 7.98. The number of aliphatic hydroxyl groups excluding tert-OH is 1. The third-order valence-corrected chi connectivity index (χ3v) is 10.1. The van der Waals surface area contributed by atoms with Crippen molar-refractivity contribution in [3.8, 4) is 0 Å². The quantitative estimate of drug-likeness (QED) is 0.0434. The first kappa shape index (κ1) is 51.5. The minimum atomic E-state index is -1.52. The van der Waals surface area contributed by atoms with Crippen LogP contribution in [0.4, 0.5) is 0 Å². The standard InChI is InChI=1S/C37H65N9O11S/c1-8-22(6)31(36(55)39-17-29(49)42-25(37(56)57)15-21(4)5)45-33(52)24(14-20(2)3)43-34(53)26(19-47)44-35(54)27-10-9-12-46(27)30(50)18-40-32(51)23(11-13-58-7)41-28(48)16-38/h20-27,31,47H,8-19,38H2,1-7H3,(H,39,55)(H,40,51)(H,41,48)(H,42,49)(H,43,53)(H,44,54)(H,45,52)(H,56,57)/t22-,23-,24-,25-,26-,27-,31-/m0/s1. The summed E-state index contributed by atoms with van der Waals surface area (Å²) in [4.78, 5) is 117. The zero-order valence-electron chi connectivity index (χ0n) is 34.7.